The SMILES string of the molecule is CCCCCCCCc1ccc(CS(=O)(=O)[O-])cc1.[Na+]. The van der Waals surface area contributed by atoms with Gasteiger partial charge in [0.15, 0.2) is 0 Å². The van der Waals surface area contributed by atoms with Gasteiger partial charge in [-0.3, -0.25) is 0 Å². The molecule has 0 saturated carbocycles. The van der Waals surface area contributed by atoms with Crippen molar-refractivity contribution in [2.75, 3.05) is 0 Å². The maximum atomic E-state index is 10.6. The third-order valence-electron chi connectivity index (χ3n) is 3.19. The van der Waals surface area contributed by atoms with Gasteiger partial charge < -0.3 is 4.55 Å². The van der Waals surface area contributed by atoms with Gasteiger partial charge in [-0.2, -0.15) is 0 Å². The molecule has 0 aliphatic carbocycles. The van der Waals surface area contributed by atoms with Crippen molar-refractivity contribution in [3.05, 3.63) is 35.4 Å². The first-order valence-electron chi connectivity index (χ1n) is 7.02. The molecule has 1 aromatic carbocycles. The Hall–Kier alpha value is 0.130. The largest absolute Gasteiger partial charge is 1.00 e. The zero-order valence-corrected chi connectivity index (χ0v) is 15.4. The number of benzene rings is 1. The molecule has 1 rings (SSSR count). The molecule has 0 bridgehead atoms. The van der Waals surface area contributed by atoms with Crippen molar-refractivity contribution in [2.45, 2.75) is 57.6 Å². The van der Waals surface area contributed by atoms with E-state index in [1.165, 1.54) is 44.1 Å². The van der Waals surface area contributed by atoms with Crippen molar-refractivity contribution in [1.82, 2.24) is 0 Å². The summed E-state index contributed by atoms with van der Waals surface area (Å²) in [5.41, 5.74) is 1.78. The Morgan fingerprint density at radius 3 is 1.95 bits per heavy atom. The summed E-state index contributed by atoms with van der Waals surface area (Å²) in [6.45, 7) is 2.21. The summed E-state index contributed by atoms with van der Waals surface area (Å²) < 4.78 is 31.9. The summed E-state index contributed by atoms with van der Waals surface area (Å²) in [5, 5.41) is 0. The standard InChI is InChI=1S/C15H24O3S.Na/c1-2-3-4-5-6-7-8-14-9-11-15(12-10-14)13-19(16,17)18;/h9-12H,2-8,13H2,1H3,(H,16,17,18);/q;+1/p-1. The van der Waals surface area contributed by atoms with Crippen LogP contribution in [0.4, 0.5) is 0 Å². The predicted molar refractivity (Wildman–Crippen MR) is 76.9 cm³/mol. The molecule has 0 atom stereocenters. The molecule has 5 heteroatoms. The van der Waals surface area contributed by atoms with Crippen LogP contribution in [-0.2, 0) is 22.3 Å². The van der Waals surface area contributed by atoms with E-state index < -0.39 is 15.9 Å². The van der Waals surface area contributed by atoms with Crippen LogP contribution in [-0.4, -0.2) is 13.0 Å². The van der Waals surface area contributed by atoms with Crippen molar-refractivity contribution in [3.8, 4) is 0 Å². The molecule has 0 amide bonds. The molecule has 108 valence electrons. The molecule has 0 aromatic heterocycles. The minimum absolute atomic E-state index is 0. The molecule has 0 fully saturated rings. The van der Waals surface area contributed by atoms with Crippen LogP contribution in [0.1, 0.15) is 56.6 Å². The van der Waals surface area contributed by atoms with E-state index in [-0.39, 0.29) is 29.6 Å². The Kier molecular flexibility index (Phi) is 10.9. The second-order valence-electron chi connectivity index (χ2n) is 5.04. The van der Waals surface area contributed by atoms with Gasteiger partial charge in [0.05, 0.1) is 15.9 Å². The second-order valence-corrected chi connectivity index (χ2v) is 6.44. The zero-order chi connectivity index (χ0) is 14.1. The van der Waals surface area contributed by atoms with Crippen molar-refractivity contribution in [3.63, 3.8) is 0 Å². The monoisotopic (exact) mass is 306 g/mol. The van der Waals surface area contributed by atoms with Crippen LogP contribution >= 0.6 is 0 Å². The normalized spacial score (nSPS) is 11.1. The molecule has 3 nitrogen and oxygen atoms in total. The molecule has 0 radical (unpaired) electrons. The molecule has 0 aliphatic heterocycles. The molecule has 1 aromatic rings. The molecule has 0 unspecified atom stereocenters. The summed E-state index contributed by atoms with van der Waals surface area (Å²) in [5.74, 6) is -0.412. The van der Waals surface area contributed by atoms with E-state index in [4.69, 9.17) is 0 Å². The van der Waals surface area contributed by atoms with E-state index in [2.05, 4.69) is 6.92 Å². The van der Waals surface area contributed by atoms with Crippen molar-refractivity contribution in [1.29, 1.82) is 0 Å². The number of hydrogen-bond donors (Lipinski definition) is 0. The summed E-state index contributed by atoms with van der Waals surface area (Å²) >= 11 is 0. The smallest absolute Gasteiger partial charge is 0.748 e. The van der Waals surface area contributed by atoms with Crippen LogP contribution in [0.5, 0.6) is 0 Å². The fraction of sp³-hybridized carbons (Fsp3) is 0.600. The number of hydrogen-bond acceptors (Lipinski definition) is 3. The van der Waals surface area contributed by atoms with E-state index >= 15 is 0 Å². The fourth-order valence-corrected chi connectivity index (χ4v) is 2.72. The van der Waals surface area contributed by atoms with Crippen molar-refractivity contribution in [2.24, 2.45) is 0 Å². The van der Waals surface area contributed by atoms with Gasteiger partial charge in [0.1, 0.15) is 0 Å². The van der Waals surface area contributed by atoms with Gasteiger partial charge in [0.25, 0.3) is 0 Å². The minimum atomic E-state index is -4.17. The van der Waals surface area contributed by atoms with Crippen molar-refractivity contribution >= 4 is 10.1 Å². The average Bonchev–Trinajstić information content (AvgIpc) is 2.34. The molecule has 0 saturated heterocycles. The van der Waals surface area contributed by atoms with Gasteiger partial charge in [-0.05, 0) is 24.0 Å². The number of rotatable bonds is 9. The van der Waals surface area contributed by atoms with Crippen LogP contribution in [0.15, 0.2) is 24.3 Å². The van der Waals surface area contributed by atoms with E-state index in [1.54, 1.807) is 12.1 Å². The van der Waals surface area contributed by atoms with Crippen LogP contribution in [0.2, 0.25) is 0 Å². The Morgan fingerprint density at radius 1 is 0.900 bits per heavy atom. The topological polar surface area (TPSA) is 57.2 Å². The van der Waals surface area contributed by atoms with Gasteiger partial charge in [-0.25, -0.2) is 8.42 Å². The van der Waals surface area contributed by atoms with Crippen LogP contribution in [0, 0.1) is 0 Å². The van der Waals surface area contributed by atoms with E-state index in [0.717, 1.165) is 6.42 Å². The molecule has 0 N–H and O–H groups in total. The van der Waals surface area contributed by atoms with E-state index in [0.29, 0.717) is 5.56 Å². The summed E-state index contributed by atoms with van der Waals surface area (Å²) in [7, 11) is -4.17. The first-order chi connectivity index (χ1) is 9.01. The average molecular weight is 306 g/mol. The molecule has 0 heterocycles. The van der Waals surface area contributed by atoms with Gasteiger partial charge in [0.2, 0.25) is 0 Å². The van der Waals surface area contributed by atoms with Gasteiger partial charge in [-0.1, -0.05) is 63.3 Å². The van der Waals surface area contributed by atoms with E-state index in [1.807, 2.05) is 12.1 Å². The summed E-state index contributed by atoms with van der Waals surface area (Å²) in [6, 6.07) is 7.32. The summed E-state index contributed by atoms with van der Waals surface area (Å²) in [4.78, 5) is 0. The first kappa shape index (κ1) is 20.1. The van der Waals surface area contributed by atoms with Crippen LogP contribution in [0.25, 0.3) is 0 Å². The molecule has 20 heavy (non-hydrogen) atoms. The zero-order valence-electron chi connectivity index (χ0n) is 12.6. The Balaban J connectivity index is 0.00000361. The maximum absolute atomic E-state index is 10.6. The van der Waals surface area contributed by atoms with Crippen LogP contribution < -0.4 is 29.6 Å². The number of aryl methyl sites for hydroxylation is 1. The fourth-order valence-electron chi connectivity index (χ4n) is 2.12. The van der Waals surface area contributed by atoms with Gasteiger partial charge in [-0.15, -0.1) is 0 Å². The molecule has 0 spiro atoms. The Morgan fingerprint density at radius 2 is 1.40 bits per heavy atom. The second kappa shape index (κ2) is 10.8. The van der Waals surface area contributed by atoms with Crippen LogP contribution in [0.3, 0.4) is 0 Å². The van der Waals surface area contributed by atoms with E-state index in [9.17, 15) is 13.0 Å². The third kappa shape index (κ3) is 9.94. The Labute approximate surface area is 145 Å². The third-order valence-corrected chi connectivity index (χ3v) is 3.87. The van der Waals surface area contributed by atoms with Gasteiger partial charge in [0, 0.05) is 0 Å². The minimum Gasteiger partial charge on any atom is -0.748 e. The maximum Gasteiger partial charge on any atom is 1.00 e. The predicted octanol–water partition coefficient (Wildman–Crippen LogP) is 0.639. The number of unbranched alkanes of at least 4 members (excludes halogenated alkanes) is 5. The molecular weight excluding hydrogens is 283 g/mol. The Bertz CT molecular complexity index is 455. The first-order valence-corrected chi connectivity index (χ1v) is 8.60. The summed E-state index contributed by atoms with van der Waals surface area (Å²) in [6.07, 6.45) is 8.63. The molecular formula is C15H23NaO3S. The van der Waals surface area contributed by atoms with Crippen molar-refractivity contribution < 1.29 is 42.5 Å². The quantitative estimate of drug-likeness (QED) is 0.382. The molecule has 0 aliphatic rings. The van der Waals surface area contributed by atoms with Gasteiger partial charge >= 0.3 is 29.6 Å².